The average Bonchev–Trinajstić information content (AvgIpc) is 3.11. The Kier molecular flexibility index (Phi) is 8.81. The number of pyridine rings is 1. The van der Waals surface area contributed by atoms with Crippen molar-refractivity contribution in [3.05, 3.63) is 23.9 Å². The summed E-state index contributed by atoms with van der Waals surface area (Å²) in [5, 5.41) is 6.72. The van der Waals surface area contributed by atoms with Gasteiger partial charge in [0.2, 0.25) is 5.88 Å². The minimum absolute atomic E-state index is 0.326. The molecule has 0 amide bonds. The molecule has 0 unspecified atom stereocenters. The largest absolute Gasteiger partial charge is 0.474 e. The molecular formula is C18H30N4OS. The van der Waals surface area contributed by atoms with Crippen LogP contribution in [0.2, 0.25) is 0 Å². The molecule has 24 heavy (non-hydrogen) atoms. The van der Waals surface area contributed by atoms with E-state index in [0.29, 0.717) is 12.6 Å². The Hall–Kier alpha value is -1.43. The summed E-state index contributed by atoms with van der Waals surface area (Å²) < 4.78 is 6.08. The standard InChI is InChI=1S/C18H30N4OS/c1-19-18(21-11-5-6-13-24-2)22-14-15-8-7-12-20-17(15)23-16-9-3-4-10-16/h7-8,12,16H,3-6,9-11,13-14H2,1-2H3,(H2,19,21,22). The zero-order valence-corrected chi connectivity index (χ0v) is 15.7. The van der Waals surface area contributed by atoms with Gasteiger partial charge in [-0.15, -0.1) is 0 Å². The lowest BCUT2D eigenvalue weighted by Gasteiger charge is -2.16. The number of thioether (sulfide) groups is 1. The molecule has 0 bridgehead atoms. The number of hydrogen-bond acceptors (Lipinski definition) is 4. The molecule has 0 atom stereocenters. The third-order valence-electron chi connectivity index (χ3n) is 4.17. The smallest absolute Gasteiger partial charge is 0.218 e. The molecule has 5 nitrogen and oxygen atoms in total. The minimum atomic E-state index is 0.326. The van der Waals surface area contributed by atoms with Crippen molar-refractivity contribution in [3.8, 4) is 5.88 Å². The van der Waals surface area contributed by atoms with Crippen LogP contribution >= 0.6 is 11.8 Å². The Balaban J connectivity index is 1.79. The highest BCUT2D eigenvalue weighted by molar-refractivity contribution is 7.98. The first kappa shape index (κ1) is 18.9. The second-order valence-electron chi connectivity index (χ2n) is 6.04. The fraction of sp³-hybridized carbons (Fsp3) is 0.667. The summed E-state index contributed by atoms with van der Waals surface area (Å²) in [7, 11) is 1.80. The van der Waals surface area contributed by atoms with E-state index in [1.165, 1.54) is 25.0 Å². The third-order valence-corrected chi connectivity index (χ3v) is 4.86. The second kappa shape index (κ2) is 11.2. The van der Waals surface area contributed by atoms with Gasteiger partial charge < -0.3 is 15.4 Å². The number of aliphatic imine (C=N–C) groups is 1. The quantitative estimate of drug-likeness (QED) is 0.407. The molecule has 0 aliphatic heterocycles. The summed E-state index contributed by atoms with van der Waals surface area (Å²) in [4.78, 5) is 8.70. The molecule has 134 valence electrons. The van der Waals surface area contributed by atoms with Crippen molar-refractivity contribution in [2.75, 3.05) is 25.6 Å². The monoisotopic (exact) mass is 350 g/mol. The fourth-order valence-corrected chi connectivity index (χ4v) is 3.30. The van der Waals surface area contributed by atoms with Gasteiger partial charge >= 0.3 is 0 Å². The first-order chi connectivity index (χ1) is 11.8. The summed E-state index contributed by atoms with van der Waals surface area (Å²) in [6.07, 6.45) is 11.5. The van der Waals surface area contributed by atoms with Crippen LogP contribution in [0.25, 0.3) is 0 Å². The molecule has 1 aromatic heterocycles. The first-order valence-corrected chi connectivity index (χ1v) is 10.3. The molecule has 1 saturated carbocycles. The molecule has 0 spiro atoms. The predicted octanol–water partition coefficient (Wildman–Crippen LogP) is 3.21. The number of nitrogens with one attached hydrogen (secondary N) is 2. The topological polar surface area (TPSA) is 58.5 Å². The van der Waals surface area contributed by atoms with Crippen LogP contribution in [0, 0.1) is 0 Å². The van der Waals surface area contributed by atoms with Gasteiger partial charge in [0, 0.05) is 31.9 Å². The highest BCUT2D eigenvalue weighted by atomic mass is 32.2. The van der Waals surface area contributed by atoms with Crippen LogP contribution in [-0.4, -0.2) is 42.6 Å². The van der Waals surface area contributed by atoms with Crippen LogP contribution in [0.3, 0.4) is 0 Å². The minimum Gasteiger partial charge on any atom is -0.474 e. The average molecular weight is 351 g/mol. The number of guanidine groups is 1. The lowest BCUT2D eigenvalue weighted by molar-refractivity contribution is 0.199. The van der Waals surface area contributed by atoms with Crippen molar-refractivity contribution in [2.24, 2.45) is 4.99 Å². The summed E-state index contributed by atoms with van der Waals surface area (Å²) in [6, 6.07) is 4.02. The van der Waals surface area contributed by atoms with Crippen LogP contribution in [0.4, 0.5) is 0 Å². The van der Waals surface area contributed by atoms with Gasteiger partial charge in [-0.05, 0) is 56.6 Å². The molecule has 2 rings (SSSR count). The van der Waals surface area contributed by atoms with Crippen LogP contribution in [0.15, 0.2) is 23.3 Å². The van der Waals surface area contributed by atoms with Crippen LogP contribution in [-0.2, 0) is 6.54 Å². The van der Waals surface area contributed by atoms with Crippen LogP contribution in [0.5, 0.6) is 5.88 Å². The number of rotatable bonds is 9. The zero-order valence-electron chi connectivity index (χ0n) is 14.9. The van der Waals surface area contributed by atoms with Gasteiger partial charge in [-0.1, -0.05) is 6.07 Å². The van der Waals surface area contributed by atoms with Crippen molar-refractivity contribution in [2.45, 2.75) is 51.2 Å². The van der Waals surface area contributed by atoms with E-state index >= 15 is 0 Å². The molecule has 1 aromatic rings. The van der Waals surface area contributed by atoms with Gasteiger partial charge in [0.05, 0.1) is 0 Å². The van der Waals surface area contributed by atoms with Gasteiger partial charge in [0.25, 0.3) is 0 Å². The molecule has 0 saturated heterocycles. The molecule has 0 aromatic carbocycles. The summed E-state index contributed by atoms with van der Waals surface area (Å²) in [6.45, 7) is 1.61. The molecular weight excluding hydrogens is 320 g/mol. The Labute approximate surface area is 150 Å². The predicted molar refractivity (Wildman–Crippen MR) is 103 cm³/mol. The Morgan fingerprint density at radius 2 is 2.17 bits per heavy atom. The molecule has 2 N–H and O–H groups in total. The lowest BCUT2D eigenvalue weighted by Crippen LogP contribution is -2.37. The van der Waals surface area contributed by atoms with Gasteiger partial charge in [0.1, 0.15) is 6.10 Å². The molecule has 0 radical (unpaired) electrons. The highest BCUT2D eigenvalue weighted by Gasteiger charge is 2.18. The highest BCUT2D eigenvalue weighted by Crippen LogP contribution is 2.24. The number of nitrogens with zero attached hydrogens (tertiary/aromatic N) is 2. The zero-order chi connectivity index (χ0) is 17.0. The van der Waals surface area contributed by atoms with E-state index in [9.17, 15) is 0 Å². The van der Waals surface area contributed by atoms with Crippen molar-refractivity contribution in [1.82, 2.24) is 15.6 Å². The van der Waals surface area contributed by atoms with Gasteiger partial charge in [0.15, 0.2) is 5.96 Å². The van der Waals surface area contributed by atoms with Gasteiger partial charge in [-0.3, -0.25) is 4.99 Å². The van der Waals surface area contributed by atoms with Crippen LogP contribution in [0.1, 0.15) is 44.1 Å². The van der Waals surface area contributed by atoms with E-state index in [1.54, 1.807) is 13.2 Å². The Bertz CT molecular complexity index is 504. The van der Waals surface area contributed by atoms with Crippen LogP contribution < -0.4 is 15.4 Å². The Morgan fingerprint density at radius 1 is 1.33 bits per heavy atom. The number of aromatic nitrogens is 1. The van der Waals surface area contributed by atoms with Crippen molar-refractivity contribution < 1.29 is 4.74 Å². The van der Waals surface area contributed by atoms with E-state index < -0.39 is 0 Å². The third kappa shape index (κ3) is 6.59. The first-order valence-electron chi connectivity index (χ1n) is 8.87. The summed E-state index contributed by atoms with van der Waals surface area (Å²) >= 11 is 1.89. The summed E-state index contributed by atoms with van der Waals surface area (Å²) in [5.74, 6) is 2.80. The normalized spacial score (nSPS) is 15.5. The van der Waals surface area contributed by atoms with Gasteiger partial charge in [-0.2, -0.15) is 11.8 Å². The van der Waals surface area contributed by atoms with E-state index in [2.05, 4.69) is 32.9 Å². The summed E-state index contributed by atoms with van der Waals surface area (Å²) in [5.41, 5.74) is 1.08. The van der Waals surface area contributed by atoms with Crippen molar-refractivity contribution >= 4 is 17.7 Å². The molecule has 1 fully saturated rings. The van der Waals surface area contributed by atoms with E-state index in [0.717, 1.165) is 43.2 Å². The maximum absolute atomic E-state index is 6.08. The number of ether oxygens (including phenoxy) is 1. The van der Waals surface area contributed by atoms with E-state index in [-0.39, 0.29) is 0 Å². The lowest BCUT2D eigenvalue weighted by atomic mass is 10.2. The Morgan fingerprint density at radius 3 is 2.92 bits per heavy atom. The van der Waals surface area contributed by atoms with Gasteiger partial charge in [-0.25, -0.2) is 4.98 Å². The molecule has 6 heteroatoms. The van der Waals surface area contributed by atoms with E-state index in [1.807, 2.05) is 17.8 Å². The molecule has 1 aliphatic rings. The fourth-order valence-electron chi connectivity index (χ4n) is 2.81. The SMILES string of the molecule is CN=C(NCCCCSC)NCc1cccnc1OC1CCCC1. The van der Waals surface area contributed by atoms with E-state index in [4.69, 9.17) is 4.74 Å². The second-order valence-corrected chi connectivity index (χ2v) is 7.03. The van der Waals surface area contributed by atoms with Crippen molar-refractivity contribution in [3.63, 3.8) is 0 Å². The molecule has 1 heterocycles. The van der Waals surface area contributed by atoms with Crippen molar-refractivity contribution in [1.29, 1.82) is 0 Å². The number of hydrogen-bond donors (Lipinski definition) is 2. The maximum atomic E-state index is 6.08. The number of unbranched alkanes of at least 4 members (excludes halogenated alkanes) is 1. The molecule has 1 aliphatic carbocycles. The maximum Gasteiger partial charge on any atom is 0.218 e.